The first kappa shape index (κ1) is 17.7. The van der Waals surface area contributed by atoms with Crippen molar-refractivity contribution in [3.05, 3.63) is 81.4 Å². The number of hydrogen-bond acceptors (Lipinski definition) is 2. The molecule has 2 aromatic carbocycles. The van der Waals surface area contributed by atoms with Crippen LogP contribution in [0.25, 0.3) is 6.08 Å². The van der Waals surface area contributed by atoms with Gasteiger partial charge in [0, 0.05) is 10.2 Å². The Balaban J connectivity index is 2.21. The quantitative estimate of drug-likeness (QED) is 0.454. The maximum atomic E-state index is 12.3. The molecule has 0 aliphatic carbocycles. The Hall–Kier alpha value is -2.64. The average Bonchev–Trinajstić information content (AvgIpc) is 2.57. The van der Waals surface area contributed by atoms with Crippen LogP contribution in [-0.2, 0) is 4.79 Å². The number of aryl methyl sites for hydroxylation is 1. The highest BCUT2D eigenvalue weighted by Gasteiger charge is 2.11. The van der Waals surface area contributed by atoms with Gasteiger partial charge in [-0.1, -0.05) is 58.4 Å². The van der Waals surface area contributed by atoms with Crippen molar-refractivity contribution in [3.8, 4) is 6.07 Å². The lowest BCUT2D eigenvalue weighted by atomic mass is 10.1. The Bertz CT molecular complexity index is 846. The molecule has 0 saturated heterocycles. The molecule has 0 saturated carbocycles. The van der Waals surface area contributed by atoms with Gasteiger partial charge in [-0.05, 0) is 48.8 Å². The molecule has 0 unspecified atom stereocenters. The van der Waals surface area contributed by atoms with Crippen LogP contribution in [0.4, 0.5) is 5.69 Å². The van der Waals surface area contributed by atoms with Crippen molar-refractivity contribution >= 4 is 33.6 Å². The van der Waals surface area contributed by atoms with Crippen LogP contribution in [0, 0.1) is 25.2 Å². The van der Waals surface area contributed by atoms with E-state index in [4.69, 9.17) is 0 Å². The zero-order chi connectivity index (χ0) is 17.5. The van der Waals surface area contributed by atoms with Crippen molar-refractivity contribution in [2.24, 2.45) is 0 Å². The van der Waals surface area contributed by atoms with E-state index >= 15 is 0 Å². The summed E-state index contributed by atoms with van der Waals surface area (Å²) in [6.07, 6.45) is 3.37. The zero-order valence-electron chi connectivity index (χ0n) is 13.5. The van der Waals surface area contributed by atoms with E-state index in [0.717, 1.165) is 16.7 Å². The minimum Gasteiger partial charge on any atom is -0.321 e. The number of carbonyl (C=O) groups excluding carboxylic acids is 1. The van der Waals surface area contributed by atoms with E-state index in [2.05, 4.69) is 21.2 Å². The Morgan fingerprint density at radius 1 is 1.12 bits per heavy atom. The number of anilines is 1. The van der Waals surface area contributed by atoms with E-state index in [1.807, 2.05) is 74.5 Å². The van der Waals surface area contributed by atoms with Crippen LogP contribution in [-0.4, -0.2) is 5.91 Å². The van der Waals surface area contributed by atoms with Crippen LogP contribution in [0.15, 0.2) is 64.7 Å². The molecule has 1 N–H and O–H groups in total. The third-order valence-corrected chi connectivity index (χ3v) is 4.06. The van der Waals surface area contributed by atoms with Crippen molar-refractivity contribution in [1.29, 1.82) is 5.26 Å². The van der Waals surface area contributed by atoms with Gasteiger partial charge < -0.3 is 5.32 Å². The third kappa shape index (κ3) is 4.68. The van der Waals surface area contributed by atoms with E-state index in [-0.39, 0.29) is 5.57 Å². The summed E-state index contributed by atoms with van der Waals surface area (Å²) in [6, 6.07) is 17.3. The number of rotatable bonds is 4. The van der Waals surface area contributed by atoms with Gasteiger partial charge in [0.05, 0.1) is 0 Å². The molecule has 0 aliphatic rings. The van der Waals surface area contributed by atoms with E-state index in [1.54, 1.807) is 0 Å². The lowest BCUT2D eigenvalue weighted by Crippen LogP contribution is -2.14. The number of halogens is 1. The highest BCUT2D eigenvalue weighted by Crippen LogP contribution is 2.20. The molecule has 0 spiro atoms. The zero-order valence-corrected chi connectivity index (χ0v) is 15.1. The molecule has 2 aromatic rings. The summed E-state index contributed by atoms with van der Waals surface area (Å²) in [6.45, 7) is 3.91. The largest absolute Gasteiger partial charge is 0.321 e. The van der Waals surface area contributed by atoms with Gasteiger partial charge in [-0.2, -0.15) is 5.26 Å². The second-order valence-corrected chi connectivity index (χ2v) is 6.23. The minimum atomic E-state index is -0.426. The second kappa shape index (κ2) is 8.28. The van der Waals surface area contributed by atoms with Crippen molar-refractivity contribution in [2.45, 2.75) is 13.8 Å². The monoisotopic (exact) mass is 380 g/mol. The maximum Gasteiger partial charge on any atom is 0.266 e. The van der Waals surface area contributed by atoms with Gasteiger partial charge in [0.25, 0.3) is 5.91 Å². The lowest BCUT2D eigenvalue weighted by Gasteiger charge is -2.09. The Morgan fingerprint density at radius 3 is 2.50 bits per heavy atom. The molecule has 0 aromatic heterocycles. The predicted molar refractivity (Wildman–Crippen MR) is 102 cm³/mol. The first-order valence-electron chi connectivity index (χ1n) is 7.43. The van der Waals surface area contributed by atoms with E-state index in [1.165, 1.54) is 6.08 Å². The molecular weight excluding hydrogens is 364 g/mol. The summed E-state index contributed by atoms with van der Waals surface area (Å²) in [5.74, 6) is -0.426. The van der Waals surface area contributed by atoms with Crippen LogP contribution in [0.5, 0.6) is 0 Å². The molecule has 4 heteroatoms. The predicted octanol–water partition coefficient (Wildman–Crippen LogP) is 5.13. The molecule has 120 valence electrons. The molecule has 0 bridgehead atoms. The fourth-order valence-electron chi connectivity index (χ4n) is 2.11. The number of amides is 1. The number of carbonyl (C=O) groups is 1. The summed E-state index contributed by atoms with van der Waals surface area (Å²) in [7, 11) is 0. The number of nitrogens with one attached hydrogen (secondary N) is 1. The van der Waals surface area contributed by atoms with Crippen molar-refractivity contribution < 1.29 is 4.79 Å². The highest BCUT2D eigenvalue weighted by molar-refractivity contribution is 9.12. The Labute approximate surface area is 150 Å². The summed E-state index contributed by atoms with van der Waals surface area (Å²) in [5.41, 5.74) is 3.80. The standard InChI is InChI=1S/C20H17BrN2O/c1-14-7-6-10-19(15(14)2)23-20(24)17(13-22)12-18(21)11-16-8-4-3-5-9-16/h3-12H,1-2H3,(H,23,24)/b17-12+,18-11-. The number of benzene rings is 2. The van der Waals surface area contributed by atoms with Crippen molar-refractivity contribution in [2.75, 3.05) is 5.32 Å². The molecular formula is C20H17BrN2O. The molecule has 3 nitrogen and oxygen atoms in total. The fraction of sp³-hybridized carbons (Fsp3) is 0.100. The number of nitrogens with zero attached hydrogens (tertiary/aromatic N) is 1. The normalized spacial score (nSPS) is 11.8. The van der Waals surface area contributed by atoms with Crippen LogP contribution >= 0.6 is 15.9 Å². The van der Waals surface area contributed by atoms with Gasteiger partial charge in [0.1, 0.15) is 11.6 Å². The molecule has 0 atom stereocenters. The summed E-state index contributed by atoms with van der Waals surface area (Å²) in [5, 5.41) is 12.1. The van der Waals surface area contributed by atoms with E-state index in [0.29, 0.717) is 10.2 Å². The molecule has 2 rings (SSSR count). The van der Waals surface area contributed by atoms with Crippen LogP contribution in [0.1, 0.15) is 16.7 Å². The van der Waals surface area contributed by atoms with Gasteiger partial charge in [-0.25, -0.2) is 0 Å². The van der Waals surface area contributed by atoms with Crippen LogP contribution < -0.4 is 5.32 Å². The number of allylic oxidation sites excluding steroid dienone is 2. The SMILES string of the molecule is Cc1cccc(NC(=O)/C(C#N)=C/C(Br)=C/c2ccccc2)c1C. The lowest BCUT2D eigenvalue weighted by molar-refractivity contribution is -0.112. The van der Waals surface area contributed by atoms with Gasteiger partial charge in [-0.15, -0.1) is 0 Å². The van der Waals surface area contributed by atoms with Crippen LogP contribution in [0.2, 0.25) is 0 Å². The topological polar surface area (TPSA) is 52.9 Å². The molecule has 0 fully saturated rings. The highest BCUT2D eigenvalue weighted by atomic mass is 79.9. The number of hydrogen-bond donors (Lipinski definition) is 1. The van der Waals surface area contributed by atoms with Crippen LogP contribution in [0.3, 0.4) is 0 Å². The second-order valence-electron chi connectivity index (χ2n) is 5.31. The molecule has 0 aliphatic heterocycles. The van der Waals surface area contributed by atoms with Gasteiger partial charge >= 0.3 is 0 Å². The van der Waals surface area contributed by atoms with Gasteiger partial charge in [0.15, 0.2) is 0 Å². The fourth-order valence-corrected chi connectivity index (χ4v) is 2.61. The number of nitriles is 1. The van der Waals surface area contributed by atoms with Gasteiger partial charge in [0.2, 0.25) is 0 Å². The summed E-state index contributed by atoms with van der Waals surface area (Å²) < 4.78 is 0.654. The molecule has 1 amide bonds. The molecule has 0 heterocycles. The average molecular weight is 381 g/mol. The van der Waals surface area contributed by atoms with Crippen molar-refractivity contribution in [1.82, 2.24) is 0 Å². The summed E-state index contributed by atoms with van der Waals surface area (Å²) >= 11 is 3.39. The first-order chi connectivity index (χ1) is 11.5. The molecule has 24 heavy (non-hydrogen) atoms. The molecule has 0 radical (unpaired) electrons. The van der Waals surface area contributed by atoms with Gasteiger partial charge in [-0.3, -0.25) is 4.79 Å². The van der Waals surface area contributed by atoms with Crippen molar-refractivity contribution in [3.63, 3.8) is 0 Å². The first-order valence-corrected chi connectivity index (χ1v) is 8.22. The maximum absolute atomic E-state index is 12.3. The Morgan fingerprint density at radius 2 is 1.83 bits per heavy atom. The minimum absolute atomic E-state index is 0.0370. The smallest absolute Gasteiger partial charge is 0.266 e. The third-order valence-electron chi connectivity index (χ3n) is 3.60. The van der Waals surface area contributed by atoms with E-state index in [9.17, 15) is 10.1 Å². The summed E-state index contributed by atoms with van der Waals surface area (Å²) in [4.78, 5) is 12.3. The Kier molecular flexibility index (Phi) is 6.11. The van der Waals surface area contributed by atoms with E-state index < -0.39 is 5.91 Å².